The van der Waals surface area contributed by atoms with Crippen molar-refractivity contribution in [2.45, 2.75) is 26.4 Å². The highest BCUT2D eigenvalue weighted by molar-refractivity contribution is 5.96. The van der Waals surface area contributed by atoms with Crippen molar-refractivity contribution in [2.24, 2.45) is 0 Å². The van der Waals surface area contributed by atoms with Crippen LogP contribution in [0.15, 0.2) is 42.5 Å². The highest BCUT2D eigenvalue weighted by Gasteiger charge is 2.34. The van der Waals surface area contributed by atoms with Crippen LogP contribution in [-0.4, -0.2) is 35.8 Å². The van der Waals surface area contributed by atoms with Gasteiger partial charge in [-0.25, -0.2) is 0 Å². The maximum absolute atomic E-state index is 12.5. The number of hydrogen-bond acceptors (Lipinski definition) is 6. The van der Waals surface area contributed by atoms with Gasteiger partial charge in [0.05, 0.1) is 17.2 Å². The van der Waals surface area contributed by atoms with Gasteiger partial charge in [0.15, 0.2) is 11.9 Å². The van der Waals surface area contributed by atoms with E-state index in [0.29, 0.717) is 23.7 Å². The number of nitrogens with zero attached hydrogens (tertiary/aromatic N) is 2. The SMILES string of the molecule is CCCNC(=O)[C@@H]1CN(c2ccc(C(C)=O)cc2[N+](=O)[O-])c2ccccc2O1. The number of anilines is 2. The zero-order valence-corrected chi connectivity index (χ0v) is 15.7. The molecule has 0 aromatic heterocycles. The predicted octanol–water partition coefficient (Wildman–Crippen LogP) is 3.22. The number of rotatable bonds is 6. The molecule has 1 atom stereocenters. The second-order valence-corrected chi connectivity index (χ2v) is 6.49. The van der Waals surface area contributed by atoms with Crippen LogP contribution in [0.25, 0.3) is 0 Å². The van der Waals surface area contributed by atoms with E-state index < -0.39 is 11.0 Å². The van der Waals surface area contributed by atoms with Crippen LogP contribution in [0.4, 0.5) is 17.1 Å². The van der Waals surface area contributed by atoms with Gasteiger partial charge in [-0.05, 0) is 37.6 Å². The van der Waals surface area contributed by atoms with Crippen LogP contribution in [0.2, 0.25) is 0 Å². The summed E-state index contributed by atoms with van der Waals surface area (Å²) in [5, 5.41) is 14.5. The Morgan fingerprint density at radius 2 is 2.00 bits per heavy atom. The Kier molecular flexibility index (Phi) is 5.58. The Hall–Kier alpha value is -3.42. The molecule has 1 heterocycles. The van der Waals surface area contributed by atoms with E-state index in [9.17, 15) is 19.7 Å². The quantitative estimate of drug-likeness (QED) is 0.467. The minimum absolute atomic E-state index is 0.118. The average molecular weight is 383 g/mol. The van der Waals surface area contributed by atoms with Gasteiger partial charge >= 0.3 is 0 Å². The van der Waals surface area contributed by atoms with Gasteiger partial charge in [0, 0.05) is 18.2 Å². The molecule has 8 nitrogen and oxygen atoms in total. The normalized spacial score (nSPS) is 15.4. The lowest BCUT2D eigenvalue weighted by atomic mass is 10.1. The third-order valence-electron chi connectivity index (χ3n) is 4.48. The molecule has 0 bridgehead atoms. The van der Waals surface area contributed by atoms with Gasteiger partial charge in [0.1, 0.15) is 11.4 Å². The summed E-state index contributed by atoms with van der Waals surface area (Å²) in [7, 11) is 0. The van der Waals surface area contributed by atoms with E-state index in [1.165, 1.54) is 19.1 Å². The molecule has 1 N–H and O–H groups in total. The number of amides is 1. The van der Waals surface area contributed by atoms with Gasteiger partial charge in [0.2, 0.25) is 0 Å². The Morgan fingerprint density at radius 3 is 2.68 bits per heavy atom. The molecule has 0 aliphatic carbocycles. The Morgan fingerprint density at radius 1 is 1.25 bits per heavy atom. The second-order valence-electron chi connectivity index (χ2n) is 6.49. The van der Waals surface area contributed by atoms with Crippen molar-refractivity contribution in [1.82, 2.24) is 5.32 Å². The van der Waals surface area contributed by atoms with E-state index in [4.69, 9.17) is 4.74 Å². The molecule has 0 spiro atoms. The molecule has 0 unspecified atom stereocenters. The number of carbonyl (C=O) groups excluding carboxylic acids is 2. The summed E-state index contributed by atoms with van der Waals surface area (Å²) in [6, 6.07) is 11.4. The Balaban J connectivity index is 2.05. The standard InChI is InChI=1S/C20H21N3O5/c1-3-10-21-20(25)19-12-22(16-6-4-5-7-18(16)28-19)15-9-8-14(13(2)24)11-17(15)23(26)27/h4-9,11,19H,3,10,12H2,1-2H3,(H,21,25)/t19-/m0/s1. The maximum atomic E-state index is 12.5. The fraction of sp³-hybridized carbons (Fsp3) is 0.300. The van der Waals surface area contributed by atoms with Crippen LogP contribution in [0.1, 0.15) is 30.6 Å². The molecule has 2 aromatic carbocycles. The van der Waals surface area contributed by atoms with Crippen LogP contribution in [0.3, 0.4) is 0 Å². The van der Waals surface area contributed by atoms with Crippen molar-refractivity contribution in [3.63, 3.8) is 0 Å². The van der Waals surface area contributed by atoms with Crippen LogP contribution in [0, 0.1) is 10.1 Å². The fourth-order valence-corrected chi connectivity index (χ4v) is 3.08. The molecule has 3 rings (SSSR count). The maximum Gasteiger partial charge on any atom is 0.293 e. The molecular formula is C20H21N3O5. The van der Waals surface area contributed by atoms with E-state index in [0.717, 1.165) is 6.42 Å². The molecule has 2 aromatic rings. The third-order valence-corrected chi connectivity index (χ3v) is 4.48. The number of carbonyl (C=O) groups is 2. The van der Waals surface area contributed by atoms with Crippen molar-refractivity contribution in [1.29, 1.82) is 0 Å². The molecule has 1 aliphatic rings. The van der Waals surface area contributed by atoms with E-state index in [1.54, 1.807) is 35.2 Å². The largest absolute Gasteiger partial charge is 0.477 e. The summed E-state index contributed by atoms with van der Waals surface area (Å²) in [4.78, 5) is 36.9. The molecule has 0 saturated carbocycles. The molecule has 0 radical (unpaired) electrons. The number of benzene rings is 2. The van der Waals surface area contributed by atoms with Gasteiger partial charge in [0.25, 0.3) is 11.6 Å². The van der Waals surface area contributed by atoms with Crippen molar-refractivity contribution in [3.05, 3.63) is 58.1 Å². The van der Waals surface area contributed by atoms with Gasteiger partial charge in [-0.15, -0.1) is 0 Å². The summed E-state index contributed by atoms with van der Waals surface area (Å²) in [5.41, 5.74) is 0.992. The Labute approximate surface area is 162 Å². The van der Waals surface area contributed by atoms with Gasteiger partial charge in [-0.1, -0.05) is 19.1 Å². The number of Topliss-reactive ketones (excluding diaryl/α,β-unsaturated/α-hetero) is 1. The topological polar surface area (TPSA) is 102 Å². The molecule has 28 heavy (non-hydrogen) atoms. The van der Waals surface area contributed by atoms with Crippen molar-refractivity contribution < 1.29 is 19.2 Å². The van der Waals surface area contributed by atoms with E-state index >= 15 is 0 Å². The minimum Gasteiger partial charge on any atom is -0.477 e. The first kappa shape index (κ1) is 19.3. The van der Waals surface area contributed by atoms with Crippen LogP contribution in [-0.2, 0) is 4.79 Å². The number of nitrogens with one attached hydrogen (secondary N) is 1. The smallest absolute Gasteiger partial charge is 0.293 e. The van der Waals surface area contributed by atoms with Crippen molar-refractivity contribution >= 4 is 28.8 Å². The number of fused-ring (bicyclic) bond motifs is 1. The molecule has 1 aliphatic heterocycles. The zero-order valence-electron chi connectivity index (χ0n) is 15.7. The summed E-state index contributed by atoms with van der Waals surface area (Å²) in [5.74, 6) is -0.0615. The van der Waals surface area contributed by atoms with Crippen LogP contribution < -0.4 is 15.0 Å². The molecule has 0 fully saturated rings. The van der Waals surface area contributed by atoms with Crippen molar-refractivity contribution in [2.75, 3.05) is 18.0 Å². The first-order valence-corrected chi connectivity index (χ1v) is 9.02. The molecule has 1 amide bonds. The highest BCUT2D eigenvalue weighted by atomic mass is 16.6. The van der Waals surface area contributed by atoms with Gasteiger partial charge < -0.3 is 15.0 Å². The number of nitro groups is 1. The van der Waals surface area contributed by atoms with Crippen LogP contribution in [0.5, 0.6) is 5.75 Å². The third kappa shape index (κ3) is 3.80. The lowest BCUT2D eigenvalue weighted by Gasteiger charge is -2.35. The first-order valence-electron chi connectivity index (χ1n) is 9.02. The summed E-state index contributed by atoms with van der Waals surface area (Å²) in [6.45, 7) is 3.95. The number of para-hydroxylation sites is 2. The predicted molar refractivity (Wildman–Crippen MR) is 104 cm³/mol. The zero-order chi connectivity index (χ0) is 20.3. The minimum atomic E-state index is -0.812. The van der Waals surface area contributed by atoms with Crippen LogP contribution >= 0.6 is 0 Å². The van der Waals surface area contributed by atoms with Gasteiger partial charge in [-0.2, -0.15) is 0 Å². The fourth-order valence-electron chi connectivity index (χ4n) is 3.08. The monoisotopic (exact) mass is 383 g/mol. The highest BCUT2D eigenvalue weighted by Crippen LogP contribution is 2.41. The lowest BCUT2D eigenvalue weighted by molar-refractivity contribution is -0.384. The first-order chi connectivity index (χ1) is 13.4. The summed E-state index contributed by atoms with van der Waals surface area (Å²) in [6.07, 6.45) is -0.0231. The van der Waals surface area contributed by atoms with Crippen molar-refractivity contribution in [3.8, 4) is 5.75 Å². The number of ether oxygens (including phenoxy) is 1. The molecule has 8 heteroatoms. The summed E-state index contributed by atoms with van der Waals surface area (Å²) < 4.78 is 5.83. The average Bonchev–Trinajstić information content (AvgIpc) is 2.70. The number of nitro benzene ring substituents is 1. The van der Waals surface area contributed by atoms with E-state index in [1.807, 2.05) is 6.92 Å². The van der Waals surface area contributed by atoms with Gasteiger partial charge in [-0.3, -0.25) is 19.7 Å². The van der Waals surface area contributed by atoms with E-state index in [-0.39, 0.29) is 29.5 Å². The molecular weight excluding hydrogens is 362 g/mol. The number of ketones is 1. The number of hydrogen-bond donors (Lipinski definition) is 1. The lowest BCUT2D eigenvalue weighted by Crippen LogP contribution is -2.47. The molecule has 146 valence electrons. The molecule has 0 saturated heterocycles. The van der Waals surface area contributed by atoms with E-state index in [2.05, 4.69) is 5.32 Å². The summed E-state index contributed by atoms with van der Waals surface area (Å²) >= 11 is 0. The second kappa shape index (κ2) is 8.08. The Bertz CT molecular complexity index is 928.